The topological polar surface area (TPSA) is 154 Å². The van der Waals surface area contributed by atoms with Crippen LogP contribution in [0.3, 0.4) is 0 Å². The molecule has 2 aliphatic heterocycles. The summed E-state index contributed by atoms with van der Waals surface area (Å²) in [4.78, 5) is 69.7. The molecule has 0 bridgehead atoms. The van der Waals surface area contributed by atoms with Crippen LogP contribution in [0.15, 0.2) is 84.4 Å². The number of anilines is 1. The number of fused-ring (bicyclic) bond motifs is 4. The van der Waals surface area contributed by atoms with Gasteiger partial charge in [0.15, 0.2) is 0 Å². The molecule has 2 heterocycles. The fourth-order valence-electron chi connectivity index (χ4n) is 8.48. The standard InChI is InChI=1S/C37H35N3O8/c1-20-8-10-22(11-9-20)38-40-34(45)28-19-26-24(13-14-25-31(26)35(46)39(33(25)44)17-16-30(42)43)32(27-18-23(48-2)12-15-29(27)41)37(28,36(40)47)21-6-4-3-5-7-21/h3-13,15,18,25-26,28,31-32,38,41H,14,16-17,19H2,1-2H3,(H,42,43). The van der Waals surface area contributed by atoms with Gasteiger partial charge >= 0.3 is 5.97 Å². The van der Waals surface area contributed by atoms with Crippen LogP contribution in [-0.2, 0) is 29.4 Å². The van der Waals surface area contributed by atoms with Gasteiger partial charge in [0.1, 0.15) is 11.5 Å². The SMILES string of the molecule is COc1ccc(O)c(C2C3=CCC4C(=O)N(CCC(=O)O)C(=O)C4C3CC3C(=O)N(Nc4ccc(C)cc4)C(=O)C32c2ccccc2)c1. The van der Waals surface area contributed by atoms with E-state index in [1.165, 1.54) is 13.2 Å². The zero-order valence-electron chi connectivity index (χ0n) is 26.5. The fourth-order valence-corrected chi connectivity index (χ4v) is 8.48. The van der Waals surface area contributed by atoms with E-state index < -0.39 is 64.6 Å². The van der Waals surface area contributed by atoms with Crippen LogP contribution in [0, 0.1) is 30.6 Å². The number of aryl methyl sites for hydroxylation is 1. The van der Waals surface area contributed by atoms with Gasteiger partial charge in [-0.25, -0.2) is 0 Å². The molecule has 0 aromatic heterocycles. The summed E-state index contributed by atoms with van der Waals surface area (Å²) in [7, 11) is 1.49. The molecule has 6 unspecified atom stereocenters. The Morgan fingerprint density at radius 3 is 2.38 bits per heavy atom. The number of ether oxygens (including phenoxy) is 1. The van der Waals surface area contributed by atoms with Gasteiger partial charge in [-0.05, 0) is 61.6 Å². The molecule has 4 amide bonds. The number of carbonyl (C=O) groups excluding carboxylic acids is 4. The summed E-state index contributed by atoms with van der Waals surface area (Å²) in [5, 5.41) is 21.8. The highest BCUT2D eigenvalue weighted by Gasteiger charge is 2.70. The second-order valence-electron chi connectivity index (χ2n) is 13.0. The molecule has 246 valence electrons. The number of phenols is 1. The van der Waals surface area contributed by atoms with Gasteiger partial charge in [0.05, 0.1) is 42.4 Å². The molecule has 2 aliphatic carbocycles. The Hall–Kier alpha value is -5.45. The number of allylic oxidation sites excluding steroid dienone is 2. The lowest BCUT2D eigenvalue weighted by molar-refractivity contribution is -0.143. The Morgan fingerprint density at radius 1 is 0.958 bits per heavy atom. The van der Waals surface area contributed by atoms with E-state index >= 15 is 4.79 Å². The number of amides is 4. The van der Waals surface area contributed by atoms with Gasteiger partial charge in [-0.1, -0.05) is 59.7 Å². The molecule has 3 fully saturated rings. The van der Waals surface area contributed by atoms with Crippen molar-refractivity contribution in [2.75, 3.05) is 19.1 Å². The molecule has 1 saturated carbocycles. The summed E-state index contributed by atoms with van der Waals surface area (Å²) in [5.41, 5.74) is 4.66. The Kier molecular flexibility index (Phi) is 7.57. The third-order valence-corrected chi connectivity index (χ3v) is 10.6. The summed E-state index contributed by atoms with van der Waals surface area (Å²) in [6, 6.07) is 21.1. The molecule has 7 rings (SSSR count). The molecule has 3 aromatic rings. The minimum absolute atomic E-state index is 0.0889. The molecule has 0 radical (unpaired) electrons. The molecule has 3 aromatic carbocycles. The summed E-state index contributed by atoms with van der Waals surface area (Å²) < 4.78 is 5.55. The number of carboxylic acids is 1. The van der Waals surface area contributed by atoms with Gasteiger partial charge in [-0.3, -0.25) is 34.3 Å². The third-order valence-electron chi connectivity index (χ3n) is 10.6. The maximum Gasteiger partial charge on any atom is 0.305 e. The minimum atomic E-state index is -1.54. The first kappa shape index (κ1) is 31.2. The van der Waals surface area contributed by atoms with E-state index in [2.05, 4.69) is 5.43 Å². The average Bonchev–Trinajstić information content (AvgIpc) is 3.46. The van der Waals surface area contributed by atoms with Gasteiger partial charge in [0.25, 0.3) is 11.8 Å². The van der Waals surface area contributed by atoms with E-state index in [1.54, 1.807) is 36.4 Å². The Balaban J connectivity index is 1.44. The smallest absolute Gasteiger partial charge is 0.305 e. The van der Waals surface area contributed by atoms with Crippen molar-refractivity contribution in [2.24, 2.45) is 23.7 Å². The zero-order chi connectivity index (χ0) is 33.9. The van der Waals surface area contributed by atoms with Crippen molar-refractivity contribution in [3.63, 3.8) is 0 Å². The number of aliphatic carboxylic acids is 1. The molecule has 6 atom stereocenters. The average molecular weight is 650 g/mol. The molecule has 2 saturated heterocycles. The lowest BCUT2D eigenvalue weighted by Gasteiger charge is -2.50. The van der Waals surface area contributed by atoms with Crippen molar-refractivity contribution in [1.29, 1.82) is 0 Å². The molecular weight excluding hydrogens is 614 g/mol. The minimum Gasteiger partial charge on any atom is -0.508 e. The monoisotopic (exact) mass is 649 g/mol. The first-order valence-electron chi connectivity index (χ1n) is 16.0. The number of nitrogens with one attached hydrogen (secondary N) is 1. The number of aromatic hydroxyl groups is 1. The van der Waals surface area contributed by atoms with Crippen molar-refractivity contribution in [1.82, 2.24) is 9.91 Å². The third kappa shape index (κ3) is 4.59. The quantitative estimate of drug-likeness (QED) is 0.241. The van der Waals surface area contributed by atoms with E-state index in [4.69, 9.17) is 4.74 Å². The van der Waals surface area contributed by atoms with Gasteiger partial charge < -0.3 is 14.9 Å². The van der Waals surface area contributed by atoms with Gasteiger partial charge in [-0.2, -0.15) is 5.01 Å². The first-order valence-corrected chi connectivity index (χ1v) is 16.0. The number of likely N-dealkylation sites (tertiary alicyclic amines) is 1. The largest absolute Gasteiger partial charge is 0.508 e. The van der Waals surface area contributed by atoms with Crippen molar-refractivity contribution in [3.05, 3.63) is 101 Å². The molecule has 11 nitrogen and oxygen atoms in total. The van der Waals surface area contributed by atoms with Crippen LogP contribution in [0.2, 0.25) is 0 Å². The van der Waals surface area contributed by atoms with Crippen LogP contribution in [-0.4, -0.2) is 63.4 Å². The number of hydrogen-bond acceptors (Lipinski definition) is 8. The van der Waals surface area contributed by atoms with Crippen LogP contribution in [0.25, 0.3) is 0 Å². The van der Waals surface area contributed by atoms with E-state index in [0.29, 0.717) is 28.1 Å². The number of carboxylic acid groups (broad SMARTS) is 1. The van der Waals surface area contributed by atoms with Crippen LogP contribution in [0.1, 0.15) is 41.9 Å². The number of hydrogen-bond donors (Lipinski definition) is 3. The van der Waals surface area contributed by atoms with Crippen molar-refractivity contribution >= 4 is 35.3 Å². The molecular formula is C37H35N3O8. The highest BCUT2D eigenvalue weighted by molar-refractivity contribution is 6.13. The second kappa shape index (κ2) is 11.7. The first-order chi connectivity index (χ1) is 23.1. The predicted molar refractivity (Wildman–Crippen MR) is 172 cm³/mol. The number of rotatable bonds is 8. The Morgan fingerprint density at radius 2 is 1.69 bits per heavy atom. The predicted octanol–water partition coefficient (Wildman–Crippen LogP) is 4.17. The molecule has 0 spiro atoms. The van der Waals surface area contributed by atoms with E-state index in [1.807, 2.05) is 43.3 Å². The van der Waals surface area contributed by atoms with Crippen LogP contribution in [0.5, 0.6) is 11.5 Å². The van der Waals surface area contributed by atoms with Crippen molar-refractivity contribution in [2.45, 2.75) is 37.5 Å². The maximum atomic E-state index is 15.1. The normalized spacial score (nSPS) is 27.7. The summed E-state index contributed by atoms with van der Waals surface area (Å²) in [5.74, 6) is -6.83. The van der Waals surface area contributed by atoms with E-state index in [9.17, 15) is 29.4 Å². The van der Waals surface area contributed by atoms with Crippen molar-refractivity contribution in [3.8, 4) is 11.5 Å². The van der Waals surface area contributed by atoms with Crippen LogP contribution < -0.4 is 10.2 Å². The summed E-state index contributed by atoms with van der Waals surface area (Å²) >= 11 is 0. The highest BCUT2D eigenvalue weighted by atomic mass is 16.5. The zero-order valence-corrected chi connectivity index (χ0v) is 26.5. The Bertz CT molecular complexity index is 1870. The molecule has 48 heavy (non-hydrogen) atoms. The molecule has 11 heteroatoms. The maximum absolute atomic E-state index is 15.1. The number of nitrogens with zero attached hydrogens (tertiary/aromatic N) is 2. The fraction of sp³-hybridized carbons (Fsp3) is 0.324. The van der Waals surface area contributed by atoms with Crippen molar-refractivity contribution < 1.29 is 38.9 Å². The number of imide groups is 2. The molecule has 3 N–H and O–H groups in total. The van der Waals surface area contributed by atoms with Gasteiger partial charge in [0.2, 0.25) is 11.8 Å². The number of hydrazine groups is 1. The summed E-state index contributed by atoms with van der Waals surface area (Å²) in [6.45, 7) is 1.69. The van der Waals surface area contributed by atoms with Gasteiger partial charge in [0, 0.05) is 18.0 Å². The molecule has 4 aliphatic rings. The highest BCUT2D eigenvalue weighted by Crippen LogP contribution is 2.65. The van der Waals surface area contributed by atoms with E-state index in [0.717, 1.165) is 15.5 Å². The lowest BCUT2D eigenvalue weighted by atomic mass is 9.49. The van der Waals surface area contributed by atoms with Gasteiger partial charge in [-0.15, -0.1) is 0 Å². The van der Waals surface area contributed by atoms with Crippen LogP contribution >= 0.6 is 0 Å². The number of phenolic OH excluding ortho intramolecular Hbond substituents is 1. The summed E-state index contributed by atoms with van der Waals surface area (Å²) in [6.07, 6.45) is 1.78. The van der Waals surface area contributed by atoms with E-state index in [-0.39, 0.29) is 31.6 Å². The number of carbonyl (C=O) groups is 5. The lowest BCUT2D eigenvalue weighted by Crippen LogP contribution is -2.53. The number of methoxy groups -OCH3 is 1. The number of benzene rings is 3. The second-order valence-corrected chi connectivity index (χ2v) is 13.0. The Labute approximate surface area is 276 Å². The van der Waals surface area contributed by atoms with Crippen LogP contribution in [0.4, 0.5) is 5.69 Å².